The van der Waals surface area contributed by atoms with Crippen LogP contribution in [0.5, 0.6) is 0 Å². The van der Waals surface area contributed by atoms with Gasteiger partial charge in [-0.3, -0.25) is 9.63 Å². The SMILES string of the molecule is Cc1cc(N)ccc1NC(=O)CCCN1CCCCO1. The third-order valence-electron chi connectivity index (χ3n) is 3.41. The van der Waals surface area contributed by atoms with Gasteiger partial charge in [0.1, 0.15) is 0 Å². The first kappa shape index (κ1) is 14.8. The number of amides is 1. The van der Waals surface area contributed by atoms with E-state index in [1.54, 1.807) is 6.07 Å². The minimum absolute atomic E-state index is 0.0369. The number of benzene rings is 1. The van der Waals surface area contributed by atoms with E-state index in [0.717, 1.165) is 43.8 Å². The lowest BCUT2D eigenvalue weighted by molar-refractivity contribution is -0.180. The summed E-state index contributed by atoms with van der Waals surface area (Å²) < 4.78 is 0. The van der Waals surface area contributed by atoms with E-state index in [1.807, 2.05) is 24.1 Å². The van der Waals surface area contributed by atoms with Crippen molar-refractivity contribution < 1.29 is 9.63 Å². The van der Waals surface area contributed by atoms with Crippen LogP contribution in [0, 0.1) is 6.92 Å². The largest absolute Gasteiger partial charge is 0.399 e. The van der Waals surface area contributed by atoms with Crippen LogP contribution in [0.15, 0.2) is 18.2 Å². The Morgan fingerprint density at radius 2 is 2.30 bits per heavy atom. The number of nitrogen functional groups attached to an aromatic ring is 1. The molecule has 1 fully saturated rings. The van der Waals surface area contributed by atoms with Gasteiger partial charge in [0.25, 0.3) is 0 Å². The maximum atomic E-state index is 11.9. The number of nitrogens with two attached hydrogens (primary N) is 1. The van der Waals surface area contributed by atoms with E-state index >= 15 is 0 Å². The summed E-state index contributed by atoms with van der Waals surface area (Å²) in [6.07, 6.45) is 3.62. The number of nitrogens with zero attached hydrogens (tertiary/aromatic N) is 1. The number of hydrogen-bond donors (Lipinski definition) is 2. The normalized spacial score (nSPS) is 16.1. The van der Waals surface area contributed by atoms with Crippen LogP contribution in [-0.2, 0) is 9.63 Å². The highest BCUT2D eigenvalue weighted by Gasteiger charge is 2.11. The Labute approximate surface area is 120 Å². The maximum absolute atomic E-state index is 11.9. The number of anilines is 2. The smallest absolute Gasteiger partial charge is 0.224 e. The Balaban J connectivity index is 1.72. The Morgan fingerprint density at radius 3 is 3.00 bits per heavy atom. The van der Waals surface area contributed by atoms with Gasteiger partial charge in [0.05, 0.1) is 6.61 Å². The quantitative estimate of drug-likeness (QED) is 0.811. The second kappa shape index (κ2) is 7.26. The summed E-state index contributed by atoms with van der Waals surface area (Å²) in [4.78, 5) is 17.4. The van der Waals surface area contributed by atoms with Crippen molar-refractivity contribution in [1.82, 2.24) is 5.06 Å². The fourth-order valence-corrected chi connectivity index (χ4v) is 2.28. The summed E-state index contributed by atoms with van der Waals surface area (Å²) in [5.74, 6) is 0.0369. The van der Waals surface area contributed by atoms with Crippen molar-refractivity contribution in [2.24, 2.45) is 0 Å². The van der Waals surface area contributed by atoms with Gasteiger partial charge in [0.15, 0.2) is 0 Å². The zero-order valence-electron chi connectivity index (χ0n) is 12.0. The molecule has 0 spiro atoms. The van der Waals surface area contributed by atoms with Gasteiger partial charge in [0.2, 0.25) is 5.91 Å². The van der Waals surface area contributed by atoms with Gasteiger partial charge in [-0.2, -0.15) is 5.06 Å². The lowest BCUT2D eigenvalue weighted by atomic mass is 10.1. The van der Waals surface area contributed by atoms with Crippen molar-refractivity contribution in [2.75, 3.05) is 30.7 Å². The molecule has 0 radical (unpaired) electrons. The molecule has 1 aliphatic heterocycles. The van der Waals surface area contributed by atoms with Gasteiger partial charge in [0, 0.05) is 30.9 Å². The molecular formula is C15H23N3O2. The van der Waals surface area contributed by atoms with Crippen molar-refractivity contribution in [2.45, 2.75) is 32.6 Å². The lowest BCUT2D eigenvalue weighted by Crippen LogP contribution is -2.31. The Bertz CT molecular complexity index is 456. The highest BCUT2D eigenvalue weighted by atomic mass is 16.7. The average Bonchev–Trinajstić information content (AvgIpc) is 2.43. The lowest BCUT2D eigenvalue weighted by Gasteiger charge is -2.25. The van der Waals surface area contributed by atoms with Crippen LogP contribution >= 0.6 is 0 Å². The van der Waals surface area contributed by atoms with Crippen LogP contribution in [0.25, 0.3) is 0 Å². The van der Waals surface area contributed by atoms with E-state index < -0.39 is 0 Å². The van der Waals surface area contributed by atoms with Gasteiger partial charge in [-0.15, -0.1) is 0 Å². The minimum Gasteiger partial charge on any atom is -0.399 e. The van der Waals surface area contributed by atoms with Crippen LogP contribution in [0.3, 0.4) is 0 Å². The highest BCUT2D eigenvalue weighted by molar-refractivity contribution is 5.91. The molecule has 0 unspecified atom stereocenters. The molecule has 1 aliphatic rings. The standard InChI is InChI=1S/C15H23N3O2/c1-12-11-13(16)6-7-14(12)17-15(19)5-4-9-18-8-2-3-10-20-18/h6-7,11H,2-5,8-10,16H2,1H3,(H,17,19). The van der Waals surface area contributed by atoms with E-state index in [9.17, 15) is 4.79 Å². The molecule has 0 aliphatic carbocycles. The third kappa shape index (κ3) is 4.51. The molecule has 1 aromatic carbocycles. The van der Waals surface area contributed by atoms with Gasteiger partial charge in [-0.1, -0.05) is 0 Å². The Kier molecular flexibility index (Phi) is 5.38. The molecule has 1 amide bonds. The third-order valence-corrected chi connectivity index (χ3v) is 3.41. The summed E-state index contributed by atoms with van der Waals surface area (Å²) in [5.41, 5.74) is 8.22. The predicted molar refractivity (Wildman–Crippen MR) is 80.2 cm³/mol. The Morgan fingerprint density at radius 1 is 1.45 bits per heavy atom. The zero-order chi connectivity index (χ0) is 14.4. The van der Waals surface area contributed by atoms with E-state index in [4.69, 9.17) is 10.6 Å². The molecule has 2 rings (SSSR count). The molecule has 0 atom stereocenters. The molecule has 1 aromatic rings. The number of aryl methyl sites for hydroxylation is 1. The summed E-state index contributed by atoms with van der Waals surface area (Å²) in [6, 6.07) is 5.50. The molecule has 1 saturated heterocycles. The average molecular weight is 277 g/mol. The van der Waals surface area contributed by atoms with Crippen LogP contribution in [0.2, 0.25) is 0 Å². The molecule has 20 heavy (non-hydrogen) atoms. The number of nitrogens with one attached hydrogen (secondary N) is 1. The topological polar surface area (TPSA) is 67.6 Å². The number of carbonyl (C=O) groups excluding carboxylic acids is 1. The molecule has 110 valence electrons. The molecule has 0 aromatic heterocycles. The van der Waals surface area contributed by atoms with Gasteiger partial charge in [-0.25, -0.2) is 0 Å². The van der Waals surface area contributed by atoms with Crippen molar-refractivity contribution in [3.8, 4) is 0 Å². The second-order valence-electron chi connectivity index (χ2n) is 5.20. The van der Waals surface area contributed by atoms with Crippen LogP contribution in [0.1, 0.15) is 31.2 Å². The molecule has 3 N–H and O–H groups in total. The fourth-order valence-electron chi connectivity index (χ4n) is 2.28. The maximum Gasteiger partial charge on any atom is 0.224 e. The Hall–Kier alpha value is -1.59. The van der Waals surface area contributed by atoms with Crippen molar-refractivity contribution in [3.63, 3.8) is 0 Å². The van der Waals surface area contributed by atoms with Gasteiger partial charge in [-0.05, 0) is 49.9 Å². The van der Waals surface area contributed by atoms with Crippen molar-refractivity contribution in [1.29, 1.82) is 0 Å². The van der Waals surface area contributed by atoms with Crippen molar-refractivity contribution in [3.05, 3.63) is 23.8 Å². The van der Waals surface area contributed by atoms with Crippen molar-refractivity contribution >= 4 is 17.3 Å². The molecule has 1 heterocycles. The predicted octanol–water partition coefficient (Wildman–Crippen LogP) is 2.32. The number of carbonyl (C=O) groups is 1. The summed E-state index contributed by atoms with van der Waals surface area (Å²) in [6.45, 7) is 4.53. The monoisotopic (exact) mass is 277 g/mol. The number of hydrogen-bond acceptors (Lipinski definition) is 4. The zero-order valence-corrected chi connectivity index (χ0v) is 12.0. The fraction of sp³-hybridized carbons (Fsp3) is 0.533. The van der Waals surface area contributed by atoms with Crippen LogP contribution in [0.4, 0.5) is 11.4 Å². The first-order chi connectivity index (χ1) is 9.65. The molecule has 5 heteroatoms. The summed E-state index contributed by atoms with van der Waals surface area (Å²) >= 11 is 0. The van der Waals surface area contributed by atoms with E-state index in [-0.39, 0.29) is 5.91 Å². The minimum atomic E-state index is 0.0369. The van der Waals surface area contributed by atoms with Crippen LogP contribution < -0.4 is 11.1 Å². The molecule has 0 bridgehead atoms. The molecule has 0 saturated carbocycles. The van der Waals surface area contributed by atoms with Gasteiger partial charge < -0.3 is 11.1 Å². The highest BCUT2D eigenvalue weighted by Crippen LogP contribution is 2.18. The van der Waals surface area contributed by atoms with Crippen LogP contribution in [-0.4, -0.2) is 30.7 Å². The molecular weight excluding hydrogens is 254 g/mol. The second-order valence-corrected chi connectivity index (χ2v) is 5.20. The first-order valence-corrected chi connectivity index (χ1v) is 7.19. The summed E-state index contributed by atoms with van der Waals surface area (Å²) in [7, 11) is 0. The molecule has 5 nitrogen and oxygen atoms in total. The summed E-state index contributed by atoms with van der Waals surface area (Å²) in [5, 5.41) is 4.88. The first-order valence-electron chi connectivity index (χ1n) is 7.19. The number of hydroxylamine groups is 2. The van der Waals surface area contributed by atoms with E-state index in [0.29, 0.717) is 12.1 Å². The van der Waals surface area contributed by atoms with Gasteiger partial charge >= 0.3 is 0 Å². The van der Waals surface area contributed by atoms with E-state index in [2.05, 4.69) is 5.32 Å². The number of rotatable bonds is 5. The van der Waals surface area contributed by atoms with E-state index in [1.165, 1.54) is 6.42 Å².